The molecule has 0 radical (unpaired) electrons. The minimum absolute atomic E-state index is 0.0785. The monoisotopic (exact) mass is 263 g/mol. The molecule has 0 aromatic heterocycles. The van der Waals surface area contributed by atoms with Crippen LogP contribution in [0.5, 0.6) is 11.5 Å². The Hall–Kier alpha value is -1.26. The SMILES string of the molecule is NC1CCCC(O)(c2ccc3c(c2)OCCCO3)C1. The Morgan fingerprint density at radius 3 is 2.74 bits per heavy atom. The number of fused-ring (bicyclic) bond motifs is 1. The third kappa shape index (κ3) is 2.55. The van der Waals surface area contributed by atoms with Crippen LogP contribution in [-0.2, 0) is 5.60 Å². The van der Waals surface area contributed by atoms with E-state index in [4.69, 9.17) is 15.2 Å². The lowest BCUT2D eigenvalue weighted by atomic mass is 9.77. The zero-order valence-electron chi connectivity index (χ0n) is 11.1. The van der Waals surface area contributed by atoms with Gasteiger partial charge in [0.15, 0.2) is 11.5 Å². The smallest absolute Gasteiger partial charge is 0.161 e. The molecule has 1 aromatic carbocycles. The van der Waals surface area contributed by atoms with Crippen LogP contribution in [0.2, 0.25) is 0 Å². The lowest BCUT2D eigenvalue weighted by Crippen LogP contribution is -2.39. The van der Waals surface area contributed by atoms with Gasteiger partial charge in [-0.15, -0.1) is 0 Å². The third-order valence-electron chi connectivity index (χ3n) is 4.05. The number of ether oxygens (including phenoxy) is 2. The Bertz CT molecular complexity index is 463. The first kappa shape index (κ1) is 12.8. The number of benzene rings is 1. The first-order valence-corrected chi connectivity index (χ1v) is 7.05. The molecule has 3 N–H and O–H groups in total. The quantitative estimate of drug-likeness (QED) is 0.812. The molecule has 1 heterocycles. The Kier molecular flexibility index (Phi) is 3.37. The van der Waals surface area contributed by atoms with E-state index in [1.807, 2.05) is 18.2 Å². The Morgan fingerprint density at radius 2 is 1.95 bits per heavy atom. The van der Waals surface area contributed by atoms with Crippen LogP contribution in [0.1, 0.15) is 37.7 Å². The first-order chi connectivity index (χ1) is 9.17. The van der Waals surface area contributed by atoms with E-state index in [1.165, 1.54) is 0 Å². The van der Waals surface area contributed by atoms with Crippen LogP contribution in [0.15, 0.2) is 18.2 Å². The topological polar surface area (TPSA) is 64.7 Å². The molecule has 4 heteroatoms. The maximum absolute atomic E-state index is 10.8. The van der Waals surface area contributed by atoms with Gasteiger partial charge in [-0.3, -0.25) is 0 Å². The molecule has 1 fully saturated rings. The van der Waals surface area contributed by atoms with Crippen molar-refractivity contribution in [2.45, 2.75) is 43.7 Å². The average Bonchev–Trinajstić information content (AvgIpc) is 2.62. The van der Waals surface area contributed by atoms with Gasteiger partial charge in [-0.2, -0.15) is 0 Å². The van der Waals surface area contributed by atoms with Gasteiger partial charge >= 0.3 is 0 Å². The van der Waals surface area contributed by atoms with Crippen molar-refractivity contribution in [3.05, 3.63) is 23.8 Å². The molecule has 0 saturated heterocycles. The van der Waals surface area contributed by atoms with Crippen LogP contribution in [0.3, 0.4) is 0 Å². The van der Waals surface area contributed by atoms with E-state index >= 15 is 0 Å². The van der Waals surface area contributed by atoms with Crippen molar-refractivity contribution in [1.29, 1.82) is 0 Å². The predicted octanol–water partition coefficient (Wildman–Crippen LogP) is 1.94. The van der Waals surface area contributed by atoms with Crippen LogP contribution in [0.25, 0.3) is 0 Å². The molecule has 19 heavy (non-hydrogen) atoms. The first-order valence-electron chi connectivity index (χ1n) is 7.05. The van der Waals surface area contributed by atoms with E-state index in [0.717, 1.165) is 42.7 Å². The number of aliphatic hydroxyl groups is 1. The zero-order valence-corrected chi connectivity index (χ0v) is 11.1. The van der Waals surface area contributed by atoms with Gasteiger partial charge in [0.05, 0.1) is 18.8 Å². The summed E-state index contributed by atoms with van der Waals surface area (Å²) in [7, 11) is 0. The maximum Gasteiger partial charge on any atom is 0.161 e. The highest BCUT2D eigenvalue weighted by molar-refractivity contribution is 5.45. The van der Waals surface area contributed by atoms with Crippen LogP contribution < -0.4 is 15.2 Å². The number of hydrogen-bond donors (Lipinski definition) is 2. The van der Waals surface area contributed by atoms with Crippen molar-refractivity contribution in [1.82, 2.24) is 0 Å². The van der Waals surface area contributed by atoms with Crippen molar-refractivity contribution >= 4 is 0 Å². The molecule has 0 bridgehead atoms. The molecular weight excluding hydrogens is 242 g/mol. The van der Waals surface area contributed by atoms with Gasteiger partial charge in [0, 0.05) is 12.5 Å². The fourth-order valence-electron chi connectivity index (χ4n) is 3.01. The summed E-state index contributed by atoms with van der Waals surface area (Å²) in [6.45, 7) is 1.34. The second-order valence-corrected chi connectivity index (χ2v) is 5.60. The summed E-state index contributed by atoms with van der Waals surface area (Å²) >= 11 is 0. The van der Waals surface area contributed by atoms with Crippen molar-refractivity contribution in [3.63, 3.8) is 0 Å². The molecule has 1 saturated carbocycles. The number of nitrogens with two attached hydrogens (primary N) is 1. The minimum Gasteiger partial charge on any atom is -0.490 e. The number of rotatable bonds is 1. The fourth-order valence-corrected chi connectivity index (χ4v) is 3.01. The predicted molar refractivity (Wildman–Crippen MR) is 72.4 cm³/mol. The average molecular weight is 263 g/mol. The van der Waals surface area contributed by atoms with E-state index in [0.29, 0.717) is 19.6 Å². The van der Waals surface area contributed by atoms with Crippen molar-refractivity contribution in [2.24, 2.45) is 5.73 Å². The summed E-state index contributed by atoms with van der Waals surface area (Å²) in [5.74, 6) is 1.51. The highest BCUT2D eigenvalue weighted by Crippen LogP contribution is 2.40. The molecule has 1 aliphatic heterocycles. The Morgan fingerprint density at radius 1 is 1.16 bits per heavy atom. The number of hydrogen-bond acceptors (Lipinski definition) is 4. The van der Waals surface area contributed by atoms with E-state index in [1.54, 1.807) is 0 Å². The lowest BCUT2D eigenvalue weighted by molar-refractivity contribution is -0.00737. The van der Waals surface area contributed by atoms with Gasteiger partial charge in [-0.25, -0.2) is 0 Å². The molecule has 104 valence electrons. The summed E-state index contributed by atoms with van der Waals surface area (Å²) in [5, 5.41) is 10.8. The second-order valence-electron chi connectivity index (χ2n) is 5.60. The lowest BCUT2D eigenvalue weighted by Gasteiger charge is -2.36. The molecule has 2 aliphatic rings. The summed E-state index contributed by atoms with van der Waals surface area (Å²) in [4.78, 5) is 0. The molecule has 3 rings (SSSR count). The Balaban J connectivity index is 1.90. The normalized spacial score (nSPS) is 30.7. The van der Waals surface area contributed by atoms with Crippen LogP contribution in [-0.4, -0.2) is 24.4 Å². The molecular formula is C15H21NO3. The van der Waals surface area contributed by atoms with Crippen LogP contribution in [0.4, 0.5) is 0 Å². The molecule has 1 aliphatic carbocycles. The van der Waals surface area contributed by atoms with Gasteiger partial charge in [0.1, 0.15) is 0 Å². The van der Waals surface area contributed by atoms with E-state index in [2.05, 4.69) is 0 Å². The van der Waals surface area contributed by atoms with Crippen molar-refractivity contribution in [2.75, 3.05) is 13.2 Å². The van der Waals surface area contributed by atoms with E-state index in [-0.39, 0.29) is 6.04 Å². The van der Waals surface area contributed by atoms with Gasteiger partial charge in [-0.1, -0.05) is 6.07 Å². The molecule has 2 atom stereocenters. The molecule has 2 unspecified atom stereocenters. The van der Waals surface area contributed by atoms with E-state index in [9.17, 15) is 5.11 Å². The fraction of sp³-hybridized carbons (Fsp3) is 0.600. The summed E-state index contributed by atoms with van der Waals surface area (Å²) < 4.78 is 11.3. The van der Waals surface area contributed by atoms with Crippen molar-refractivity contribution in [3.8, 4) is 11.5 Å². The summed E-state index contributed by atoms with van der Waals surface area (Å²) in [6.07, 6.45) is 4.23. The van der Waals surface area contributed by atoms with Gasteiger partial charge in [-0.05, 0) is 43.4 Å². The highest BCUT2D eigenvalue weighted by atomic mass is 16.5. The second kappa shape index (κ2) is 5.02. The zero-order chi connectivity index (χ0) is 13.3. The van der Waals surface area contributed by atoms with Gasteiger partial charge in [0.25, 0.3) is 0 Å². The third-order valence-corrected chi connectivity index (χ3v) is 4.05. The molecule has 0 spiro atoms. The molecule has 1 aromatic rings. The van der Waals surface area contributed by atoms with Crippen LogP contribution >= 0.6 is 0 Å². The summed E-state index contributed by atoms with van der Waals surface area (Å²) in [5.41, 5.74) is 6.07. The maximum atomic E-state index is 10.8. The minimum atomic E-state index is -0.817. The summed E-state index contributed by atoms with van der Waals surface area (Å²) in [6, 6.07) is 5.83. The van der Waals surface area contributed by atoms with E-state index < -0.39 is 5.60 Å². The van der Waals surface area contributed by atoms with Crippen LogP contribution in [0, 0.1) is 0 Å². The van der Waals surface area contributed by atoms with Crippen molar-refractivity contribution < 1.29 is 14.6 Å². The molecule has 4 nitrogen and oxygen atoms in total. The molecule has 0 amide bonds. The largest absolute Gasteiger partial charge is 0.490 e. The standard InChI is InChI=1S/C15H21NO3/c16-12-3-1-6-15(17,10-12)11-4-5-13-14(9-11)19-8-2-7-18-13/h4-5,9,12,17H,1-3,6-8,10,16H2. The Labute approximate surface area is 113 Å². The van der Waals surface area contributed by atoms with Gasteiger partial charge < -0.3 is 20.3 Å². The highest BCUT2D eigenvalue weighted by Gasteiger charge is 2.35. The van der Waals surface area contributed by atoms with Gasteiger partial charge in [0.2, 0.25) is 0 Å².